The summed E-state index contributed by atoms with van der Waals surface area (Å²) in [5.74, 6) is 0. The minimum absolute atomic E-state index is 0.111. The molecule has 0 radical (unpaired) electrons. The van der Waals surface area contributed by atoms with Crippen molar-refractivity contribution in [3.05, 3.63) is 77.1 Å². The predicted molar refractivity (Wildman–Crippen MR) is 95.0 cm³/mol. The minimum atomic E-state index is -4.69. The third kappa shape index (κ3) is 4.61. The second-order valence-corrected chi connectivity index (χ2v) is 7.72. The van der Waals surface area contributed by atoms with Gasteiger partial charge in [-0.05, 0) is 23.8 Å². The lowest BCUT2D eigenvalue weighted by molar-refractivity contribution is -0.137. The summed E-state index contributed by atoms with van der Waals surface area (Å²) in [6, 6.07) is 11.5. The summed E-state index contributed by atoms with van der Waals surface area (Å²) in [4.78, 5) is -0.658. The maximum Gasteiger partial charge on any atom is 0.416 e. The molecule has 3 rings (SSSR count). The highest BCUT2D eigenvalue weighted by molar-refractivity contribution is 7.92. The number of nitrogens with one attached hydrogen (secondary N) is 1. The van der Waals surface area contributed by atoms with E-state index in [1.807, 2.05) is 30.3 Å². The van der Waals surface area contributed by atoms with Gasteiger partial charge >= 0.3 is 6.18 Å². The molecule has 0 aliphatic rings. The molecule has 0 aliphatic heterocycles. The Morgan fingerprint density at radius 1 is 1.11 bits per heavy atom. The molecule has 10 heteroatoms. The monoisotopic (exact) mass is 415 g/mol. The van der Waals surface area contributed by atoms with E-state index in [0.29, 0.717) is 12.6 Å². The van der Waals surface area contributed by atoms with Crippen molar-refractivity contribution < 1.29 is 21.6 Å². The summed E-state index contributed by atoms with van der Waals surface area (Å²) in [7, 11) is -4.32. The molecule has 0 saturated carbocycles. The molecule has 0 aliphatic carbocycles. The molecule has 0 spiro atoms. The lowest BCUT2D eigenvalue weighted by atomic mass is 10.2. The van der Waals surface area contributed by atoms with Gasteiger partial charge in [-0.1, -0.05) is 41.9 Å². The molecule has 1 aromatic heterocycles. The number of anilines is 1. The Balaban J connectivity index is 1.83. The summed E-state index contributed by atoms with van der Waals surface area (Å²) < 4.78 is 67.2. The van der Waals surface area contributed by atoms with Crippen LogP contribution in [-0.4, -0.2) is 18.2 Å². The van der Waals surface area contributed by atoms with E-state index in [9.17, 15) is 21.6 Å². The Morgan fingerprint density at radius 2 is 1.81 bits per heavy atom. The molecule has 5 nitrogen and oxygen atoms in total. The van der Waals surface area contributed by atoms with Crippen molar-refractivity contribution >= 4 is 27.3 Å². The van der Waals surface area contributed by atoms with Gasteiger partial charge in [0.05, 0.1) is 29.0 Å². The van der Waals surface area contributed by atoms with Crippen molar-refractivity contribution in [2.45, 2.75) is 17.6 Å². The van der Waals surface area contributed by atoms with Crippen LogP contribution < -0.4 is 4.72 Å². The van der Waals surface area contributed by atoms with Crippen LogP contribution in [0.15, 0.2) is 65.8 Å². The van der Waals surface area contributed by atoms with Crippen molar-refractivity contribution in [2.24, 2.45) is 0 Å². The normalized spacial score (nSPS) is 12.1. The van der Waals surface area contributed by atoms with E-state index >= 15 is 0 Å². The highest BCUT2D eigenvalue weighted by Crippen LogP contribution is 2.33. The molecule has 0 unspecified atom stereocenters. The topological polar surface area (TPSA) is 64.0 Å². The van der Waals surface area contributed by atoms with E-state index in [1.165, 1.54) is 17.1 Å². The van der Waals surface area contributed by atoms with Crippen LogP contribution in [0.4, 0.5) is 18.9 Å². The Labute approximate surface area is 158 Å². The van der Waals surface area contributed by atoms with Crippen molar-refractivity contribution in [2.75, 3.05) is 4.72 Å². The Kier molecular flexibility index (Phi) is 5.16. The number of aromatic nitrogens is 2. The summed E-state index contributed by atoms with van der Waals surface area (Å²) in [5, 5.41) is 3.73. The maximum atomic E-state index is 12.9. The third-order valence-corrected chi connectivity index (χ3v) is 5.48. The third-order valence-electron chi connectivity index (χ3n) is 3.62. The summed E-state index contributed by atoms with van der Waals surface area (Å²) in [6.07, 6.45) is -1.98. The fourth-order valence-corrected chi connectivity index (χ4v) is 3.92. The van der Waals surface area contributed by atoms with Crippen LogP contribution in [0.5, 0.6) is 0 Å². The number of halogens is 4. The summed E-state index contributed by atoms with van der Waals surface area (Å²) in [6.45, 7) is 0.410. The van der Waals surface area contributed by atoms with Crippen LogP contribution >= 0.6 is 11.6 Å². The molecule has 0 fully saturated rings. The minimum Gasteiger partial charge on any atom is -0.276 e. The van der Waals surface area contributed by atoms with Gasteiger partial charge in [0.15, 0.2) is 0 Å². The van der Waals surface area contributed by atoms with Crippen molar-refractivity contribution in [3.63, 3.8) is 0 Å². The predicted octanol–water partition coefficient (Wildman–Crippen LogP) is 4.40. The number of alkyl halides is 3. The van der Waals surface area contributed by atoms with Crippen LogP contribution in [0.3, 0.4) is 0 Å². The van der Waals surface area contributed by atoms with Gasteiger partial charge < -0.3 is 0 Å². The SMILES string of the molecule is O=S(=O)(Nc1cnn(Cc2ccccc2)c1)c1cc(C(F)(F)F)ccc1Cl. The Hall–Kier alpha value is -2.52. The molecule has 27 heavy (non-hydrogen) atoms. The number of sulfonamides is 1. The van der Waals surface area contributed by atoms with Crippen molar-refractivity contribution in [1.29, 1.82) is 0 Å². The molecule has 142 valence electrons. The Bertz CT molecular complexity index is 1050. The molecule has 0 atom stereocenters. The lowest BCUT2D eigenvalue weighted by Crippen LogP contribution is -2.15. The molecular formula is C17H13ClF3N3O2S. The second-order valence-electron chi connectivity index (χ2n) is 5.66. The van der Waals surface area contributed by atoms with E-state index in [0.717, 1.165) is 17.7 Å². The fourth-order valence-electron chi connectivity index (χ4n) is 2.37. The van der Waals surface area contributed by atoms with Gasteiger partial charge in [0.2, 0.25) is 0 Å². The zero-order valence-electron chi connectivity index (χ0n) is 13.6. The van der Waals surface area contributed by atoms with Gasteiger partial charge in [-0.25, -0.2) is 8.42 Å². The summed E-state index contributed by atoms with van der Waals surface area (Å²) >= 11 is 5.80. The van der Waals surface area contributed by atoms with E-state index in [4.69, 9.17) is 11.6 Å². The number of nitrogens with zero attached hydrogens (tertiary/aromatic N) is 2. The van der Waals surface area contributed by atoms with Gasteiger partial charge in [-0.3, -0.25) is 9.40 Å². The summed E-state index contributed by atoms with van der Waals surface area (Å²) in [5.41, 5.74) is -0.0395. The fraction of sp³-hybridized carbons (Fsp3) is 0.118. The smallest absolute Gasteiger partial charge is 0.276 e. The van der Waals surface area contributed by atoms with Gasteiger partial charge in [0.25, 0.3) is 10.0 Å². The number of hydrogen-bond acceptors (Lipinski definition) is 3. The first-order valence-electron chi connectivity index (χ1n) is 7.61. The molecule has 3 aromatic rings. The van der Waals surface area contributed by atoms with Crippen molar-refractivity contribution in [1.82, 2.24) is 9.78 Å². The average molecular weight is 416 g/mol. The molecule has 0 amide bonds. The zero-order valence-corrected chi connectivity index (χ0v) is 15.2. The quantitative estimate of drug-likeness (QED) is 0.671. The highest BCUT2D eigenvalue weighted by Gasteiger charge is 2.32. The zero-order chi connectivity index (χ0) is 19.7. The largest absolute Gasteiger partial charge is 0.416 e. The van der Waals surface area contributed by atoms with E-state index in [2.05, 4.69) is 9.82 Å². The average Bonchev–Trinajstić information content (AvgIpc) is 3.01. The van der Waals surface area contributed by atoms with E-state index in [-0.39, 0.29) is 10.7 Å². The molecule has 1 N–H and O–H groups in total. The molecule has 2 aromatic carbocycles. The van der Waals surface area contributed by atoms with Crippen molar-refractivity contribution in [3.8, 4) is 0 Å². The number of hydrogen-bond donors (Lipinski definition) is 1. The second kappa shape index (κ2) is 7.24. The van der Waals surface area contributed by atoms with Crippen LogP contribution in [-0.2, 0) is 22.7 Å². The first-order chi connectivity index (χ1) is 12.6. The highest BCUT2D eigenvalue weighted by atomic mass is 35.5. The Morgan fingerprint density at radius 3 is 2.48 bits per heavy atom. The molecule has 0 saturated heterocycles. The molecular weight excluding hydrogens is 403 g/mol. The van der Waals surface area contributed by atoms with Gasteiger partial charge in [-0.2, -0.15) is 18.3 Å². The maximum absolute atomic E-state index is 12.9. The number of rotatable bonds is 5. The number of benzene rings is 2. The first-order valence-corrected chi connectivity index (χ1v) is 9.47. The van der Waals surface area contributed by atoms with E-state index < -0.39 is 26.7 Å². The van der Waals surface area contributed by atoms with Crippen LogP contribution in [0.1, 0.15) is 11.1 Å². The molecule has 0 bridgehead atoms. The standard InChI is InChI=1S/C17H13ClF3N3O2S/c18-15-7-6-13(17(19,20)21)8-16(15)27(25,26)23-14-9-22-24(11-14)10-12-4-2-1-3-5-12/h1-9,11,23H,10H2. The van der Waals surface area contributed by atoms with Crippen LogP contribution in [0, 0.1) is 0 Å². The van der Waals surface area contributed by atoms with Crippen LogP contribution in [0.2, 0.25) is 5.02 Å². The first kappa shape index (κ1) is 19.2. The van der Waals surface area contributed by atoms with Crippen LogP contribution in [0.25, 0.3) is 0 Å². The van der Waals surface area contributed by atoms with Gasteiger partial charge in [0, 0.05) is 6.20 Å². The molecule has 1 heterocycles. The van der Waals surface area contributed by atoms with E-state index in [1.54, 1.807) is 0 Å². The van der Waals surface area contributed by atoms with Gasteiger partial charge in [0.1, 0.15) is 4.90 Å². The lowest BCUT2D eigenvalue weighted by Gasteiger charge is -2.11. The van der Waals surface area contributed by atoms with Gasteiger partial charge in [-0.15, -0.1) is 0 Å².